The zero-order valence-corrected chi connectivity index (χ0v) is 13.9. The number of aliphatic carboxylic acids is 1. The minimum absolute atomic E-state index is 0.0519. The monoisotopic (exact) mass is 291 g/mol. The lowest BCUT2D eigenvalue weighted by Crippen LogP contribution is -2.44. The van der Waals surface area contributed by atoms with Gasteiger partial charge in [-0.25, -0.2) is 0 Å². The van der Waals surface area contributed by atoms with E-state index in [1.807, 2.05) is 0 Å². The summed E-state index contributed by atoms with van der Waals surface area (Å²) in [5, 5.41) is 9.81. The van der Waals surface area contributed by atoms with Crippen LogP contribution in [0.3, 0.4) is 0 Å². The number of unbranched alkanes of at least 4 members (excludes halogenated alkanes) is 1. The van der Waals surface area contributed by atoms with E-state index in [1.54, 1.807) is 7.11 Å². The SMILES string of the molecule is CCCC[N+](C)(CC)CC.COCCOCCC(=O)[O-]. The van der Waals surface area contributed by atoms with Gasteiger partial charge in [-0.2, -0.15) is 0 Å². The summed E-state index contributed by atoms with van der Waals surface area (Å²) in [5.74, 6) is -1.09. The molecule has 0 fully saturated rings. The molecule has 0 aliphatic carbocycles. The Labute approximate surface area is 124 Å². The lowest BCUT2D eigenvalue weighted by atomic mass is 10.3. The second-order valence-corrected chi connectivity index (χ2v) is 5.06. The van der Waals surface area contributed by atoms with Gasteiger partial charge >= 0.3 is 0 Å². The van der Waals surface area contributed by atoms with Gasteiger partial charge in [-0.15, -0.1) is 0 Å². The van der Waals surface area contributed by atoms with Crippen LogP contribution in [0, 0.1) is 0 Å². The zero-order chi connectivity index (χ0) is 15.9. The topological polar surface area (TPSA) is 58.6 Å². The van der Waals surface area contributed by atoms with Crippen molar-refractivity contribution in [2.75, 3.05) is 53.6 Å². The molecule has 0 aromatic rings. The van der Waals surface area contributed by atoms with Gasteiger partial charge in [0.1, 0.15) is 0 Å². The third kappa shape index (κ3) is 15.4. The van der Waals surface area contributed by atoms with Crippen molar-refractivity contribution in [1.82, 2.24) is 0 Å². The minimum Gasteiger partial charge on any atom is -0.550 e. The summed E-state index contributed by atoms with van der Waals surface area (Å²) in [6.45, 7) is 11.8. The van der Waals surface area contributed by atoms with Crippen molar-refractivity contribution in [2.45, 2.75) is 40.0 Å². The van der Waals surface area contributed by atoms with Gasteiger partial charge in [0.05, 0.1) is 46.5 Å². The number of methoxy groups -OCH3 is 1. The van der Waals surface area contributed by atoms with Crippen molar-refractivity contribution < 1.29 is 23.9 Å². The van der Waals surface area contributed by atoms with E-state index >= 15 is 0 Å². The van der Waals surface area contributed by atoms with Crippen molar-refractivity contribution in [2.24, 2.45) is 0 Å². The molecule has 122 valence electrons. The van der Waals surface area contributed by atoms with Crippen LogP contribution in [0.4, 0.5) is 0 Å². The van der Waals surface area contributed by atoms with Crippen LogP contribution in [-0.4, -0.2) is 64.1 Å². The minimum atomic E-state index is -1.09. The van der Waals surface area contributed by atoms with E-state index < -0.39 is 5.97 Å². The molecule has 0 saturated carbocycles. The first kappa shape index (κ1) is 21.6. The maximum atomic E-state index is 9.81. The standard InChI is InChI=1S/C9H22N.C6H12O4/c1-5-8-9-10(4,6-2)7-3;1-9-4-5-10-3-2-6(7)8/h5-9H2,1-4H3;2-5H2,1H3,(H,7,8)/q+1;/p-1. The van der Waals surface area contributed by atoms with Crippen molar-refractivity contribution in [3.63, 3.8) is 0 Å². The molecular weight excluding hydrogens is 258 g/mol. The van der Waals surface area contributed by atoms with E-state index in [0.717, 1.165) is 0 Å². The molecule has 0 aliphatic rings. The number of nitrogens with zero attached hydrogens (tertiary/aromatic N) is 1. The molecule has 0 saturated heterocycles. The summed E-state index contributed by atoms with van der Waals surface area (Å²) in [7, 11) is 3.90. The number of carboxylic acid groups (broad SMARTS) is 1. The number of rotatable bonds is 11. The quantitative estimate of drug-likeness (QED) is 0.422. The molecule has 20 heavy (non-hydrogen) atoms. The predicted octanol–water partition coefficient (Wildman–Crippen LogP) is 1.06. The number of carbonyl (C=O) groups is 1. The number of ether oxygens (including phenoxy) is 2. The van der Waals surface area contributed by atoms with Gasteiger partial charge in [0.15, 0.2) is 0 Å². The highest BCUT2D eigenvalue weighted by molar-refractivity contribution is 5.64. The summed E-state index contributed by atoms with van der Waals surface area (Å²) in [4.78, 5) is 9.81. The highest BCUT2D eigenvalue weighted by Gasteiger charge is 2.13. The molecule has 0 bridgehead atoms. The van der Waals surface area contributed by atoms with Crippen LogP contribution in [0.15, 0.2) is 0 Å². The van der Waals surface area contributed by atoms with Crippen LogP contribution in [0.25, 0.3) is 0 Å². The first-order valence-electron chi connectivity index (χ1n) is 7.55. The highest BCUT2D eigenvalue weighted by Crippen LogP contribution is 2.03. The van der Waals surface area contributed by atoms with E-state index in [4.69, 9.17) is 4.74 Å². The Morgan fingerprint density at radius 2 is 1.70 bits per heavy atom. The average Bonchev–Trinajstić information content (AvgIpc) is 2.45. The predicted molar refractivity (Wildman–Crippen MR) is 79.4 cm³/mol. The Morgan fingerprint density at radius 1 is 1.10 bits per heavy atom. The normalized spacial score (nSPS) is 10.8. The first-order chi connectivity index (χ1) is 9.45. The molecule has 0 aromatic carbocycles. The molecular formula is C15H33NO4. The molecule has 0 N–H and O–H groups in total. The van der Waals surface area contributed by atoms with Gasteiger partial charge in [0.25, 0.3) is 0 Å². The van der Waals surface area contributed by atoms with Crippen LogP contribution in [0.1, 0.15) is 40.0 Å². The van der Waals surface area contributed by atoms with Gasteiger partial charge in [-0.05, 0) is 20.3 Å². The van der Waals surface area contributed by atoms with Gasteiger partial charge in [0.2, 0.25) is 0 Å². The summed E-state index contributed by atoms with van der Waals surface area (Å²) < 4.78 is 10.7. The molecule has 0 spiro atoms. The summed E-state index contributed by atoms with van der Waals surface area (Å²) in [5.41, 5.74) is 0. The largest absolute Gasteiger partial charge is 0.550 e. The fourth-order valence-electron chi connectivity index (χ4n) is 1.48. The number of carboxylic acids is 1. The molecule has 0 aromatic heterocycles. The summed E-state index contributed by atoms with van der Waals surface area (Å²) >= 11 is 0. The van der Waals surface area contributed by atoms with Crippen molar-refractivity contribution in [3.05, 3.63) is 0 Å². The number of quaternary nitrogens is 1. The fourth-order valence-corrected chi connectivity index (χ4v) is 1.48. The lowest BCUT2D eigenvalue weighted by molar-refractivity contribution is -0.906. The Morgan fingerprint density at radius 3 is 2.10 bits per heavy atom. The highest BCUT2D eigenvalue weighted by atomic mass is 16.5. The molecule has 0 unspecified atom stereocenters. The van der Waals surface area contributed by atoms with Crippen LogP contribution in [0.2, 0.25) is 0 Å². The van der Waals surface area contributed by atoms with Gasteiger partial charge in [-0.3, -0.25) is 0 Å². The molecule has 0 rings (SSSR count). The second-order valence-electron chi connectivity index (χ2n) is 5.06. The molecule has 0 heterocycles. The third-order valence-corrected chi connectivity index (χ3v) is 3.46. The van der Waals surface area contributed by atoms with Crippen molar-refractivity contribution in [3.8, 4) is 0 Å². The van der Waals surface area contributed by atoms with E-state index in [2.05, 4.69) is 32.6 Å². The Hall–Kier alpha value is -0.650. The summed E-state index contributed by atoms with van der Waals surface area (Å²) in [6, 6.07) is 0. The molecule has 0 amide bonds. The van der Waals surface area contributed by atoms with Crippen molar-refractivity contribution in [1.29, 1.82) is 0 Å². The smallest absolute Gasteiger partial charge is 0.0784 e. The number of hydrogen-bond donors (Lipinski definition) is 0. The van der Waals surface area contributed by atoms with Crippen LogP contribution >= 0.6 is 0 Å². The van der Waals surface area contributed by atoms with E-state index in [0.29, 0.717) is 13.2 Å². The molecule has 5 heteroatoms. The zero-order valence-electron chi connectivity index (χ0n) is 13.9. The van der Waals surface area contributed by atoms with Crippen LogP contribution in [0.5, 0.6) is 0 Å². The Bertz CT molecular complexity index is 218. The van der Waals surface area contributed by atoms with E-state index in [9.17, 15) is 9.90 Å². The van der Waals surface area contributed by atoms with Crippen LogP contribution < -0.4 is 5.11 Å². The van der Waals surface area contributed by atoms with Crippen LogP contribution in [-0.2, 0) is 14.3 Å². The fraction of sp³-hybridized carbons (Fsp3) is 0.933. The van der Waals surface area contributed by atoms with Gasteiger partial charge in [0, 0.05) is 19.5 Å². The van der Waals surface area contributed by atoms with Gasteiger partial charge < -0.3 is 23.9 Å². The van der Waals surface area contributed by atoms with Crippen molar-refractivity contribution >= 4 is 5.97 Å². The first-order valence-corrected chi connectivity index (χ1v) is 7.55. The Kier molecular flexibility index (Phi) is 16.0. The number of hydrogen-bond acceptors (Lipinski definition) is 4. The van der Waals surface area contributed by atoms with E-state index in [-0.39, 0.29) is 13.0 Å². The molecule has 0 aliphatic heterocycles. The molecule has 5 nitrogen and oxygen atoms in total. The maximum absolute atomic E-state index is 9.81. The second kappa shape index (κ2) is 14.8. The summed E-state index contributed by atoms with van der Waals surface area (Å²) in [6.07, 6.45) is 2.65. The number of carbonyl (C=O) groups excluding carboxylic acids is 1. The maximum Gasteiger partial charge on any atom is 0.0784 e. The van der Waals surface area contributed by atoms with Gasteiger partial charge in [-0.1, -0.05) is 13.3 Å². The average molecular weight is 291 g/mol. The Balaban J connectivity index is 0. The third-order valence-electron chi connectivity index (χ3n) is 3.46. The molecule has 0 radical (unpaired) electrons. The molecule has 0 atom stereocenters. The van der Waals surface area contributed by atoms with E-state index in [1.165, 1.54) is 37.0 Å². The lowest BCUT2D eigenvalue weighted by Gasteiger charge is -2.31.